The molecule has 2 atom stereocenters. The highest BCUT2D eigenvalue weighted by atomic mass is 32.2. The number of amides is 1. The van der Waals surface area contributed by atoms with Crippen LogP contribution in [0.5, 0.6) is 0 Å². The molecule has 1 fully saturated rings. The highest BCUT2D eigenvalue weighted by Gasteiger charge is 2.45. The number of hydrogen-bond donors (Lipinski definition) is 2. The predicted octanol–water partition coefficient (Wildman–Crippen LogP) is 4.54. The summed E-state index contributed by atoms with van der Waals surface area (Å²) in [5.41, 5.74) is 1.73. The maximum atomic E-state index is 14.0. The molecule has 1 amide bonds. The number of aromatic nitrogens is 1. The number of anilines is 1. The Kier molecular flexibility index (Phi) is 5.74. The number of carbonyl (C=O) groups excluding carboxylic acids is 1. The van der Waals surface area contributed by atoms with Crippen LogP contribution in [0.4, 0.5) is 14.5 Å². The number of alkyl halides is 2. The van der Waals surface area contributed by atoms with E-state index in [0.29, 0.717) is 17.1 Å². The van der Waals surface area contributed by atoms with E-state index >= 15 is 0 Å². The van der Waals surface area contributed by atoms with Crippen molar-refractivity contribution in [1.82, 2.24) is 4.98 Å². The zero-order valence-electron chi connectivity index (χ0n) is 14.0. The van der Waals surface area contributed by atoms with Gasteiger partial charge in [-0.1, -0.05) is 11.6 Å². The van der Waals surface area contributed by atoms with E-state index in [1.54, 1.807) is 18.3 Å². The first-order valence-electron chi connectivity index (χ1n) is 8.69. The van der Waals surface area contributed by atoms with Crippen LogP contribution < -0.4 is 10.5 Å². The molecule has 136 valence electrons. The molecule has 3 N–H and O–H groups in total. The molecular formula is C18H23F2N3OS. The van der Waals surface area contributed by atoms with Crippen LogP contribution in [-0.4, -0.2) is 16.8 Å². The highest BCUT2D eigenvalue weighted by Crippen LogP contribution is 2.45. The summed E-state index contributed by atoms with van der Waals surface area (Å²) in [7, 11) is 0. The van der Waals surface area contributed by atoms with Gasteiger partial charge in [0, 0.05) is 24.7 Å². The summed E-state index contributed by atoms with van der Waals surface area (Å²) < 4.78 is 28.0. The number of nitrogens with zero attached hydrogens (tertiary/aromatic N) is 1. The van der Waals surface area contributed by atoms with Gasteiger partial charge in [-0.15, -0.1) is 0 Å². The molecule has 0 aliphatic heterocycles. The molecule has 2 aliphatic rings. The Labute approximate surface area is 150 Å². The summed E-state index contributed by atoms with van der Waals surface area (Å²) in [5.74, 6) is -3.89. The topological polar surface area (TPSA) is 68.0 Å². The SMILES string of the molecule is NSc1cc(NC(=O)[C@@H]2CC(F)(F)CC[C@H]2C2=CCCCC2)ccn1. The van der Waals surface area contributed by atoms with Crippen molar-refractivity contribution in [2.45, 2.75) is 55.9 Å². The van der Waals surface area contributed by atoms with Crippen molar-refractivity contribution in [3.05, 3.63) is 30.0 Å². The predicted molar refractivity (Wildman–Crippen MR) is 95.2 cm³/mol. The van der Waals surface area contributed by atoms with E-state index in [1.807, 2.05) is 0 Å². The Balaban J connectivity index is 1.78. The largest absolute Gasteiger partial charge is 0.326 e. The van der Waals surface area contributed by atoms with Gasteiger partial charge in [-0.25, -0.2) is 13.8 Å². The van der Waals surface area contributed by atoms with Gasteiger partial charge in [-0.3, -0.25) is 9.93 Å². The molecule has 4 nitrogen and oxygen atoms in total. The summed E-state index contributed by atoms with van der Waals surface area (Å²) in [6.07, 6.45) is 7.67. The van der Waals surface area contributed by atoms with Crippen LogP contribution in [-0.2, 0) is 4.79 Å². The number of nitrogens with two attached hydrogens (primary N) is 1. The molecule has 0 spiro atoms. The van der Waals surface area contributed by atoms with Crippen LogP contribution in [0.2, 0.25) is 0 Å². The third-order valence-electron chi connectivity index (χ3n) is 5.09. The first kappa shape index (κ1) is 18.3. The zero-order valence-corrected chi connectivity index (χ0v) is 14.8. The number of rotatable bonds is 4. The number of nitrogens with one attached hydrogen (secondary N) is 1. The number of allylic oxidation sites excluding steroid dienone is 2. The van der Waals surface area contributed by atoms with Gasteiger partial charge in [0.05, 0.1) is 5.92 Å². The van der Waals surface area contributed by atoms with Gasteiger partial charge < -0.3 is 5.32 Å². The molecule has 2 aliphatic carbocycles. The first-order valence-corrected chi connectivity index (χ1v) is 9.57. The van der Waals surface area contributed by atoms with E-state index in [1.165, 1.54) is 5.57 Å². The van der Waals surface area contributed by atoms with Crippen molar-refractivity contribution in [3.63, 3.8) is 0 Å². The summed E-state index contributed by atoms with van der Waals surface area (Å²) >= 11 is 0.977. The van der Waals surface area contributed by atoms with Crippen LogP contribution in [0.25, 0.3) is 0 Å². The van der Waals surface area contributed by atoms with E-state index in [-0.39, 0.29) is 24.7 Å². The van der Waals surface area contributed by atoms with Crippen molar-refractivity contribution in [2.75, 3.05) is 5.32 Å². The van der Waals surface area contributed by atoms with Crippen LogP contribution in [0.15, 0.2) is 35.0 Å². The second kappa shape index (κ2) is 7.83. The summed E-state index contributed by atoms with van der Waals surface area (Å²) in [4.78, 5) is 16.8. The van der Waals surface area contributed by atoms with Crippen LogP contribution in [0, 0.1) is 11.8 Å². The van der Waals surface area contributed by atoms with E-state index < -0.39 is 11.8 Å². The van der Waals surface area contributed by atoms with Gasteiger partial charge in [-0.05, 0) is 62.1 Å². The lowest BCUT2D eigenvalue weighted by molar-refractivity contribution is -0.130. The number of hydrogen-bond acceptors (Lipinski definition) is 4. The number of carbonyl (C=O) groups is 1. The molecule has 0 radical (unpaired) electrons. The van der Waals surface area contributed by atoms with E-state index in [0.717, 1.165) is 37.6 Å². The molecule has 1 saturated carbocycles. The maximum absolute atomic E-state index is 14.0. The van der Waals surface area contributed by atoms with E-state index in [9.17, 15) is 13.6 Å². The third kappa shape index (κ3) is 4.58. The lowest BCUT2D eigenvalue weighted by atomic mass is 9.71. The third-order valence-corrected chi connectivity index (χ3v) is 5.55. The van der Waals surface area contributed by atoms with Crippen molar-refractivity contribution < 1.29 is 13.6 Å². The molecular weight excluding hydrogens is 344 g/mol. The van der Waals surface area contributed by atoms with Gasteiger partial charge in [0.2, 0.25) is 11.8 Å². The lowest BCUT2D eigenvalue weighted by Crippen LogP contribution is -2.40. The van der Waals surface area contributed by atoms with Crippen molar-refractivity contribution in [2.24, 2.45) is 17.0 Å². The Morgan fingerprint density at radius 3 is 2.96 bits per heavy atom. The lowest BCUT2D eigenvalue weighted by Gasteiger charge is -2.37. The molecule has 0 unspecified atom stereocenters. The normalized spacial score (nSPS) is 26.0. The Morgan fingerprint density at radius 1 is 1.40 bits per heavy atom. The maximum Gasteiger partial charge on any atom is 0.249 e. The van der Waals surface area contributed by atoms with Gasteiger partial charge in [0.25, 0.3) is 0 Å². The fourth-order valence-corrected chi connectivity index (χ4v) is 4.16. The zero-order chi connectivity index (χ0) is 17.9. The van der Waals surface area contributed by atoms with E-state index in [2.05, 4.69) is 16.4 Å². The van der Waals surface area contributed by atoms with E-state index in [4.69, 9.17) is 5.14 Å². The van der Waals surface area contributed by atoms with Crippen molar-refractivity contribution >= 4 is 23.5 Å². The molecule has 25 heavy (non-hydrogen) atoms. The first-order chi connectivity index (χ1) is 12.0. The molecule has 1 heterocycles. The summed E-state index contributed by atoms with van der Waals surface area (Å²) in [6, 6.07) is 3.30. The van der Waals surface area contributed by atoms with Crippen molar-refractivity contribution in [1.29, 1.82) is 0 Å². The smallest absolute Gasteiger partial charge is 0.249 e. The monoisotopic (exact) mass is 367 g/mol. The minimum Gasteiger partial charge on any atom is -0.326 e. The molecule has 1 aromatic heterocycles. The Bertz CT molecular complexity index is 665. The second-order valence-electron chi connectivity index (χ2n) is 6.83. The number of halogens is 2. The standard InChI is InChI=1S/C18H23F2N3OS/c19-18(20)8-6-14(12-4-2-1-3-5-12)15(11-18)17(24)23-13-7-9-22-16(10-13)25-21/h4,7,9-10,14-15H,1-3,5-6,8,11,21H2,(H,22,23,24)/t14-,15+/m0/s1. The van der Waals surface area contributed by atoms with Crippen molar-refractivity contribution in [3.8, 4) is 0 Å². The molecule has 0 bridgehead atoms. The van der Waals surface area contributed by atoms with Crippen LogP contribution in [0.1, 0.15) is 44.9 Å². The van der Waals surface area contributed by atoms with Gasteiger partial charge in [-0.2, -0.15) is 0 Å². The Morgan fingerprint density at radius 2 is 2.24 bits per heavy atom. The minimum atomic E-state index is -2.77. The fourth-order valence-electron chi connectivity index (χ4n) is 3.84. The average molecular weight is 367 g/mol. The number of pyridine rings is 1. The Hall–Kier alpha value is -1.47. The molecule has 7 heteroatoms. The average Bonchev–Trinajstić information content (AvgIpc) is 2.62. The molecule has 0 aromatic carbocycles. The van der Waals surface area contributed by atoms with Gasteiger partial charge >= 0.3 is 0 Å². The van der Waals surface area contributed by atoms with Crippen LogP contribution >= 0.6 is 11.9 Å². The second-order valence-corrected chi connectivity index (χ2v) is 7.48. The molecule has 3 rings (SSSR count). The van der Waals surface area contributed by atoms with Gasteiger partial charge in [0.15, 0.2) is 0 Å². The van der Waals surface area contributed by atoms with Gasteiger partial charge in [0.1, 0.15) is 5.03 Å². The minimum absolute atomic E-state index is 0.0786. The summed E-state index contributed by atoms with van der Waals surface area (Å²) in [5, 5.41) is 8.83. The highest BCUT2D eigenvalue weighted by molar-refractivity contribution is 7.97. The molecule has 1 aromatic rings. The summed E-state index contributed by atoms with van der Waals surface area (Å²) in [6.45, 7) is 0. The molecule has 0 saturated heterocycles. The fraction of sp³-hybridized carbons (Fsp3) is 0.556. The quantitative estimate of drug-likeness (QED) is 0.606. The van der Waals surface area contributed by atoms with Crippen LogP contribution in [0.3, 0.4) is 0 Å².